The van der Waals surface area contributed by atoms with Crippen molar-refractivity contribution in [3.05, 3.63) is 283 Å². The van der Waals surface area contributed by atoms with E-state index in [4.69, 9.17) is 0 Å². The maximum Gasteiger partial charge on any atom is 0.0714 e. The monoisotopic (exact) mass is 908 g/mol. The highest BCUT2D eigenvalue weighted by atomic mass is 15.1. The summed E-state index contributed by atoms with van der Waals surface area (Å²) in [5.74, 6) is 0. The molecule has 0 atom stereocenters. The van der Waals surface area contributed by atoms with Crippen LogP contribution in [0.5, 0.6) is 0 Å². The molecule has 0 radical (unpaired) electrons. The molecule has 0 bridgehead atoms. The lowest BCUT2D eigenvalue weighted by Gasteiger charge is -2.35. The van der Waals surface area contributed by atoms with E-state index in [-0.39, 0.29) is 5.54 Å². The number of rotatable bonds is 8. The van der Waals surface area contributed by atoms with E-state index in [0.29, 0.717) is 0 Å². The average molecular weight is 909 g/mol. The van der Waals surface area contributed by atoms with Crippen LogP contribution in [-0.4, -0.2) is 4.57 Å². The first-order valence-electron chi connectivity index (χ1n) is 24.8. The third kappa shape index (κ3) is 6.78. The quantitative estimate of drug-likeness (QED) is 0.147. The summed E-state index contributed by atoms with van der Waals surface area (Å²) in [6.45, 7) is 6.90. The van der Waals surface area contributed by atoms with Crippen LogP contribution in [0.4, 0.5) is 17.1 Å². The number of anilines is 3. The van der Waals surface area contributed by atoms with Crippen molar-refractivity contribution in [2.45, 2.75) is 31.7 Å². The molecule has 13 rings (SSSR count). The van der Waals surface area contributed by atoms with Gasteiger partial charge in [0, 0.05) is 38.8 Å². The second-order valence-corrected chi connectivity index (χ2v) is 20.0. The number of para-hydroxylation sites is 1. The maximum atomic E-state index is 2.50. The van der Waals surface area contributed by atoms with Gasteiger partial charge in [-0.25, -0.2) is 0 Å². The molecule has 71 heavy (non-hydrogen) atoms. The molecular weight excluding hydrogens is 857 g/mol. The van der Waals surface area contributed by atoms with Crippen LogP contribution in [0.1, 0.15) is 43.0 Å². The van der Waals surface area contributed by atoms with Crippen molar-refractivity contribution in [3.8, 4) is 44.5 Å². The van der Waals surface area contributed by atoms with Crippen LogP contribution in [0.3, 0.4) is 0 Å². The van der Waals surface area contributed by atoms with Crippen molar-refractivity contribution in [3.63, 3.8) is 0 Å². The van der Waals surface area contributed by atoms with Gasteiger partial charge in [-0.15, -0.1) is 0 Å². The molecule has 1 aromatic heterocycles. The van der Waals surface area contributed by atoms with Crippen LogP contribution in [0.2, 0.25) is 0 Å². The Bertz CT molecular complexity index is 3900. The zero-order valence-electron chi connectivity index (χ0n) is 40.2. The van der Waals surface area contributed by atoms with Gasteiger partial charge in [-0.1, -0.05) is 218 Å². The number of fused-ring (bicyclic) bond motifs is 7. The summed E-state index contributed by atoms with van der Waals surface area (Å²) in [6, 6.07) is 96.8. The van der Waals surface area contributed by atoms with Gasteiger partial charge in [0.25, 0.3) is 0 Å². The molecular formula is C69H52N2. The normalized spacial score (nSPS) is 12.8. The van der Waals surface area contributed by atoms with Gasteiger partial charge in [0.15, 0.2) is 0 Å². The van der Waals surface area contributed by atoms with Gasteiger partial charge in [0.2, 0.25) is 0 Å². The topological polar surface area (TPSA) is 8.17 Å². The molecule has 0 saturated carbocycles. The summed E-state index contributed by atoms with van der Waals surface area (Å²) in [6.07, 6.45) is 0. The van der Waals surface area contributed by atoms with Gasteiger partial charge in [-0.05, 0) is 135 Å². The van der Waals surface area contributed by atoms with Gasteiger partial charge >= 0.3 is 0 Å². The van der Waals surface area contributed by atoms with Crippen molar-refractivity contribution >= 4 is 49.6 Å². The van der Waals surface area contributed by atoms with Crippen LogP contribution >= 0.6 is 0 Å². The van der Waals surface area contributed by atoms with Gasteiger partial charge < -0.3 is 9.47 Å². The summed E-state index contributed by atoms with van der Waals surface area (Å²) in [7, 11) is 0. The molecule has 0 fully saturated rings. The zero-order valence-corrected chi connectivity index (χ0v) is 40.2. The van der Waals surface area contributed by atoms with Crippen molar-refractivity contribution in [2.24, 2.45) is 0 Å². The molecule has 0 amide bonds. The Morgan fingerprint density at radius 2 is 0.930 bits per heavy atom. The van der Waals surface area contributed by atoms with E-state index in [1.165, 1.54) is 99.3 Å². The van der Waals surface area contributed by atoms with E-state index >= 15 is 0 Å². The highest BCUT2D eigenvalue weighted by molar-refractivity contribution is 6.10. The Morgan fingerprint density at radius 1 is 0.352 bits per heavy atom. The van der Waals surface area contributed by atoms with Gasteiger partial charge in [0.05, 0.1) is 16.6 Å². The summed E-state index contributed by atoms with van der Waals surface area (Å²) in [5.41, 5.74) is 19.8. The molecule has 12 aromatic rings. The summed E-state index contributed by atoms with van der Waals surface area (Å²) in [4.78, 5) is 2.50. The van der Waals surface area contributed by atoms with Crippen LogP contribution in [0.15, 0.2) is 261 Å². The lowest BCUT2D eigenvalue weighted by molar-refractivity contribution is 0.423. The third-order valence-corrected chi connectivity index (χ3v) is 14.9. The maximum absolute atomic E-state index is 2.50. The third-order valence-electron chi connectivity index (χ3n) is 14.9. The Balaban J connectivity index is 1.07. The fraction of sp³-hybridized carbons (Fsp3) is 0.0725. The predicted octanol–water partition coefficient (Wildman–Crippen LogP) is 18.5. The number of nitrogens with zero attached hydrogens (tertiary/aromatic N) is 2. The number of aromatic nitrogens is 1. The molecule has 1 aliphatic carbocycles. The molecule has 0 N–H and O–H groups in total. The van der Waals surface area contributed by atoms with Crippen molar-refractivity contribution < 1.29 is 0 Å². The standard InChI is InChI=1S/C69H52N2/c1-68(2,3)71-63-34-19-18-31-58(63)59-42-37-51(45-65(59)71)47-35-39-54(40-36-47)70(64-44-38-49-23-16-17-30-56(49)66(64)50-24-10-5-11-25-50)55-41-43-60-62(46-55)69(52-26-12-6-13-27-52,53-28-14-7-15-29-53)61-33-20-32-57(67(60)61)48-21-8-4-9-22-48/h4-46H,1-3H3. The highest BCUT2D eigenvalue weighted by Crippen LogP contribution is 2.59. The van der Waals surface area contributed by atoms with Crippen LogP contribution in [0.25, 0.3) is 77.1 Å². The lowest BCUT2D eigenvalue weighted by atomic mass is 9.67. The van der Waals surface area contributed by atoms with Crippen molar-refractivity contribution in [1.82, 2.24) is 4.57 Å². The number of benzene rings is 11. The van der Waals surface area contributed by atoms with Gasteiger partial charge in [-0.3, -0.25) is 0 Å². The highest BCUT2D eigenvalue weighted by Gasteiger charge is 2.47. The minimum absolute atomic E-state index is 0.0976. The molecule has 338 valence electrons. The second-order valence-electron chi connectivity index (χ2n) is 20.0. The smallest absolute Gasteiger partial charge is 0.0714 e. The fourth-order valence-corrected chi connectivity index (χ4v) is 12.0. The molecule has 1 heterocycles. The second kappa shape index (κ2) is 16.8. The molecule has 0 aliphatic heterocycles. The Morgan fingerprint density at radius 3 is 1.62 bits per heavy atom. The Kier molecular flexibility index (Phi) is 10.0. The first-order chi connectivity index (χ1) is 34.9. The largest absolute Gasteiger partial charge is 0.335 e. The van der Waals surface area contributed by atoms with E-state index < -0.39 is 5.41 Å². The summed E-state index contributed by atoms with van der Waals surface area (Å²) >= 11 is 0. The Hall–Kier alpha value is -8.72. The average Bonchev–Trinajstić information content (AvgIpc) is 3.93. The van der Waals surface area contributed by atoms with E-state index in [0.717, 1.165) is 17.1 Å². The van der Waals surface area contributed by atoms with Crippen LogP contribution in [-0.2, 0) is 11.0 Å². The molecule has 1 aliphatic rings. The van der Waals surface area contributed by atoms with E-state index in [9.17, 15) is 0 Å². The van der Waals surface area contributed by atoms with Crippen LogP contribution in [0, 0.1) is 0 Å². The molecule has 0 unspecified atom stereocenters. The van der Waals surface area contributed by atoms with Gasteiger partial charge in [0.1, 0.15) is 0 Å². The van der Waals surface area contributed by atoms with E-state index in [2.05, 4.69) is 291 Å². The number of hydrogen-bond donors (Lipinski definition) is 0. The molecule has 0 saturated heterocycles. The molecule has 11 aromatic carbocycles. The summed E-state index contributed by atoms with van der Waals surface area (Å²) < 4.78 is 2.50. The molecule has 2 heteroatoms. The lowest BCUT2D eigenvalue weighted by Crippen LogP contribution is -2.28. The number of hydrogen-bond acceptors (Lipinski definition) is 1. The predicted molar refractivity (Wildman–Crippen MR) is 300 cm³/mol. The van der Waals surface area contributed by atoms with E-state index in [1.807, 2.05) is 0 Å². The van der Waals surface area contributed by atoms with Crippen LogP contribution < -0.4 is 4.90 Å². The first-order valence-corrected chi connectivity index (χ1v) is 24.8. The first kappa shape index (κ1) is 42.4. The minimum Gasteiger partial charge on any atom is -0.335 e. The SMILES string of the molecule is CC(C)(C)n1c2ccccc2c2ccc(-c3ccc(N(c4ccc5c(c4)C(c4ccccc4)(c4ccccc4)c4cccc(-c6ccccc6)c4-5)c4ccc5ccccc5c4-c4ccccc4)cc3)cc21. The molecule has 2 nitrogen and oxygen atoms in total. The van der Waals surface area contributed by atoms with Crippen molar-refractivity contribution in [2.75, 3.05) is 4.90 Å². The Labute approximate surface area is 416 Å². The fourth-order valence-electron chi connectivity index (χ4n) is 12.0. The van der Waals surface area contributed by atoms with Crippen molar-refractivity contribution in [1.29, 1.82) is 0 Å². The minimum atomic E-state index is -0.608. The zero-order chi connectivity index (χ0) is 47.7. The van der Waals surface area contributed by atoms with Gasteiger partial charge in [-0.2, -0.15) is 0 Å². The molecule has 0 spiro atoms. The summed E-state index contributed by atoms with van der Waals surface area (Å²) in [5, 5.41) is 4.99. The van der Waals surface area contributed by atoms with E-state index in [1.54, 1.807) is 0 Å².